The van der Waals surface area contributed by atoms with Gasteiger partial charge in [0.1, 0.15) is 12.4 Å². The summed E-state index contributed by atoms with van der Waals surface area (Å²) in [6.45, 7) is -0.278. The van der Waals surface area contributed by atoms with Crippen LogP contribution in [0.2, 0.25) is 0 Å². The number of benzene rings is 2. The second kappa shape index (κ2) is 4.85. The molecule has 0 atom stereocenters. The molecule has 1 aliphatic heterocycles. The van der Waals surface area contributed by atoms with Crippen molar-refractivity contribution < 1.29 is 19.4 Å². The van der Waals surface area contributed by atoms with Crippen molar-refractivity contribution in [1.82, 2.24) is 9.97 Å². The van der Waals surface area contributed by atoms with Crippen LogP contribution >= 0.6 is 0 Å². The number of carbonyl (C=O) groups is 1. The number of H-pyrrole nitrogens is 1. The van der Waals surface area contributed by atoms with E-state index in [9.17, 15) is 4.79 Å². The fourth-order valence-electron chi connectivity index (χ4n) is 2.45. The van der Waals surface area contributed by atoms with Crippen LogP contribution in [0.4, 0.5) is 0 Å². The number of rotatable bonds is 3. The van der Waals surface area contributed by atoms with Gasteiger partial charge in [0.05, 0.1) is 11.0 Å². The number of aromatic nitrogens is 2. The second-order valence-electron chi connectivity index (χ2n) is 4.97. The maximum atomic E-state index is 11.5. The summed E-state index contributed by atoms with van der Waals surface area (Å²) in [5, 5.41) is 8.93. The third-order valence-electron chi connectivity index (χ3n) is 3.59. The van der Waals surface area contributed by atoms with Gasteiger partial charge in [-0.05, 0) is 36.4 Å². The Morgan fingerprint density at radius 3 is 2.91 bits per heavy atom. The van der Waals surface area contributed by atoms with E-state index < -0.39 is 6.61 Å². The highest BCUT2D eigenvalue weighted by molar-refractivity contribution is 5.99. The molecular formula is C16H12N2O4. The molecule has 6 heteroatoms. The van der Waals surface area contributed by atoms with Crippen LogP contribution in [0.5, 0.6) is 11.5 Å². The molecule has 0 amide bonds. The highest BCUT2D eigenvalue weighted by atomic mass is 16.7. The summed E-state index contributed by atoms with van der Waals surface area (Å²) < 4.78 is 10.7. The SMILES string of the molecule is O=C(CO)c1ccc2nc(-c3ccc4c(c3)OCO4)[nH]c2c1. The zero-order valence-corrected chi connectivity index (χ0v) is 11.5. The van der Waals surface area contributed by atoms with Gasteiger partial charge in [0.15, 0.2) is 17.3 Å². The van der Waals surface area contributed by atoms with E-state index in [2.05, 4.69) is 9.97 Å². The molecule has 0 fully saturated rings. The first-order chi connectivity index (χ1) is 10.7. The van der Waals surface area contributed by atoms with Crippen molar-refractivity contribution in [3.8, 4) is 22.9 Å². The number of hydrogen-bond acceptors (Lipinski definition) is 5. The number of imidazole rings is 1. The van der Waals surface area contributed by atoms with Gasteiger partial charge in [-0.15, -0.1) is 0 Å². The van der Waals surface area contributed by atoms with Crippen molar-refractivity contribution in [2.45, 2.75) is 0 Å². The molecule has 110 valence electrons. The number of aromatic amines is 1. The Morgan fingerprint density at radius 1 is 1.18 bits per heavy atom. The predicted octanol–water partition coefficient (Wildman–Crippen LogP) is 2.13. The van der Waals surface area contributed by atoms with Crippen LogP contribution in [-0.4, -0.2) is 34.3 Å². The summed E-state index contributed by atoms with van der Waals surface area (Å²) in [6.07, 6.45) is 0. The van der Waals surface area contributed by atoms with Crippen LogP contribution in [0.3, 0.4) is 0 Å². The molecule has 2 N–H and O–H groups in total. The van der Waals surface area contributed by atoms with Crippen LogP contribution in [0.15, 0.2) is 36.4 Å². The first kappa shape index (κ1) is 12.8. The molecule has 0 aliphatic carbocycles. The van der Waals surface area contributed by atoms with Gasteiger partial charge in [0, 0.05) is 11.1 Å². The molecule has 0 spiro atoms. The summed E-state index contributed by atoms with van der Waals surface area (Å²) in [5.74, 6) is 1.77. The van der Waals surface area contributed by atoms with Crippen molar-refractivity contribution >= 4 is 16.8 Å². The minimum absolute atomic E-state index is 0.228. The largest absolute Gasteiger partial charge is 0.454 e. The molecule has 0 saturated carbocycles. The van der Waals surface area contributed by atoms with Gasteiger partial charge in [-0.1, -0.05) is 0 Å². The Labute approximate surface area is 125 Å². The predicted molar refractivity (Wildman–Crippen MR) is 79.1 cm³/mol. The Kier molecular flexibility index (Phi) is 2.83. The second-order valence-corrected chi connectivity index (χ2v) is 4.97. The Morgan fingerprint density at radius 2 is 2.05 bits per heavy atom. The topological polar surface area (TPSA) is 84.4 Å². The Balaban J connectivity index is 1.77. The molecular weight excluding hydrogens is 284 g/mol. The minimum atomic E-state index is -0.505. The van der Waals surface area contributed by atoms with E-state index in [4.69, 9.17) is 14.6 Å². The lowest BCUT2D eigenvalue weighted by molar-refractivity contribution is 0.0904. The third-order valence-corrected chi connectivity index (χ3v) is 3.59. The fourth-order valence-corrected chi connectivity index (χ4v) is 2.45. The number of carbonyl (C=O) groups excluding carboxylic acids is 1. The molecule has 6 nitrogen and oxygen atoms in total. The smallest absolute Gasteiger partial charge is 0.231 e. The molecule has 1 aromatic heterocycles. The van der Waals surface area contributed by atoms with Crippen molar-refractivity contribution in [2.75, 3.05) is 13.4 Å². The maximum Gasteiger partial charge on any atom is 0.231 e. The summed E-state index contributed by atoms with van der Waals surface area (Å²) >= 11 is 0. The number of fused-ring (bicyclic) bond motifs is 2. The van der Waals surface area contributed by atoms with Gasteiger partial charge in [-0.2, -0.15) is 0 Å². The average Bonchev–Trinajstić information content (AvgIpc) is 3.18. The van der Waals surface area contributed by atoms with E-state index in [1.165, 1.54) is 0 Å². The van der Waals surface area contributed by atoms with Crippen molar-refractivity contribution in [3.63, 3.8) is 0 Å². The van der Waals surface area contributed by atoms with E-state index in [1.807, 2.05) is 18.2 Å². The molecule has 2 heterocycles. The molecule has 3 aromatic rings. The van der Waals surface area contributed by atoms with Crippen LogP contribution in [0, 0.1) is 0 Å². The zero-order chi connectivity index (χ0) is 15.1. The van der Waals surface area contributed by atoms with Crippen LogP contribution in [0.25, 0.3) is 22.4 Å². The van der Waals surface area contributed by atoms with Crippen LogP contribution < -0.4 is 9.47 Å². The Bertz CT molecular complexity index is 885. The van der Waals surface area contributed by atoms with Gasteiger partial charge in [-0.3, -0.25) is 4.79 Å². The maximum absolute atomic E-state index is 11.5. The highest BCUT2D eigenvalue weighted by Crippen LogP contribution is 2.35. The molecule has 22 heavy (non-hydrogen) atoms. The first-order valence-electron chi connectivity index (χ1n) is 6.78. The fraction of sp³-hybridized carbons (Fsp3) is 0.125. The van der Waals surface area contributed by atoms with Gasteiger partial charge in [0.2, 0.25) is 6.79 Å². The lowest BCUT2D eigenvalue weighted by Crippen LogP contribution is -2.03. The summed E-state index contributed by atoms with van der Waals surface area (Å²) in [5.41, 5.74) is 2.82. The van der Waals surface area contributed by atoms with Gasteiger partial charge in [-0.25, -0.2) is 4.98 Å². The van der Waals surface area contributed by atoms with E-state index >= 15 is 0 Å². The van der Waals surface area contributed by atoms with E-state index in [0.717, 1.165) is 22.3 Å². The van der Waals surface area contributed by atoms with E-state index in [0.29, 0.717) is 17.1 Å². The number of hydrogen-bond donors (Lipinski definition) is 2. The molecule has 4 rings (SSSR count). The number of aliphatic hydroxyl groups excluding tert-OH is 1. The summed E-state index contributed by atoms with van der Waals surface area (Å²) in [4.78, 5) is 19.2. The molecule has 1 aliphatic rings. The quantitative estimate of drug-likeness (QED) is 0.723. The van der Waals surface area contributed by atoms with Gasteiger partial charge >= 0.3 is 0 Å². The number of nitrogens with zero attached hydrogens (tertiary/aromatic N) is 1. The van der Waals surface area contributed by atoms with Crippen molar-refractivity contribution in [2.24, 2.45) is 0 Å². The summed E-state index contributed by atoms with van der Waals surface area (Å²) in [6, 6.07) is 10.7. The highest BCUT2D eigenvalue weighted by Gasteiger charge is 2.15. The van der Waals surface area contributed by atoms with Crippen LogP contribution in [-0.2, 0) is 0 Å². The normalized spacial score (nSPS) is 12.8. The number of aliphatic hydroxyl groups is 1. The van der Waals surface area contributed by atoms with Crippen molar-refractivity contribution in [3.05, 3.63) is 42.0 Å². The van der Waals surface area contributed by atoms with Gasteiger partial charge in [0.25, 0.3) is 0 Å². The number of Topliss-reactive ketones (excluding diaryl/α,β-unsaturated/α-hetero) is 1. The number of ketones is 1. The van der Waals surface area contributed by atoms with Gasteiger partial charge < -0.3 is 19.6 Å². The molecule has 0 saturated heterocycles. The lowest BCUT2D eigenvalue weighted by Gasteiger charge is -1.99. The zero-order valence-electron chi connectivity index (χ0n) is 11.5. The Hall–Kier alpha value is -2.86. The third kappa shape index (κ3) is 2.01. The monoisotopic (exact) mass is 296 g/mol. The number of nitrogens with one attached hydrogen (secondary N) is 1. The van der Waals surface area contributed by atoms with Crippen molar-refractivity contribution in [1.29, 1.82) is 0 Å². The van der Waals surface area contributed by atoms with E-state index in [1.54, 1.807) is 18.2 Å². The van der Waals surface area contributed by atoms with E-state index in [-0.39, 0.29) is 12.6 Å². The molecule has 0 unspecified atom stereocenters. The molecule has 0 radical (unpaired) electrons. The number of ether oxygens (including phenoxy) is 2. The molecule has 0 bridgehead atoms. The standard InChI is InChI=1S/C16H12N2O4/c19-7-13(20)9-1-3-11-12(5-9)18-16(17-11)10-2-4-14-15(6-10)22-8-21-14/h1-6,19H,7-8H2,(H,17,18). The lowest BCUT2D eigenvalue weighted by atomic mass is 10.1. The van der Waals surface area contributed by atoms with Crippen LogP contribution in [0.1, 0.15) is 10.4 Å². The summed E-state index contributed by atoms with van der Waals surface area (Å²) in [7, 11) is 0. The average molecular weight is 296 g/mol. The molecule has 2 aromatic carbocycles. The minimum Gasteiger partial charge on any atom is -0.454 e. The first-order valence-corrected chi connectivity index (χ1v) is 6.78.